The van der Waals surface area contributed by atoms with E-state index in [0.29, 0.717) is 56.3 Å². The molecule has 0 bridgehead atoms. The molecule has 1 heterocycles. The third kappa shape index (κ3) is 5.17. The highest BCUT2D eigenvalue weighted by molar-refractivity contribution is 5.97. The molecule has 1 aliphatic rings. The average molecular weight is 438 g/mol. The van der Waals surface area contributed by atoms with Gasteiger partial charge in [-0.05, 0) is 49.6 Å². The molecule has 1 saturated heterocycles. The molecule has 0 saturated carbocycles. The summed E-state index contributed by atoms with van der Waals surface area (Å²) >= 11 is 0. The van der Waals surface area contributed by atoms with Gasteiger partial charge in [-0.1, -0.05) is 24.3 Å². The molecule has 1 amide bonds. The van der Waals surface area contributed by atoms with Crippen molar-refractivity contribution in [3.05, 3.63) is 65.5 Å². The minimum absolute atomic E-state index is 0.236. The first-order valence-corrected chi connectivity index (χ1v) is 10.6. The van der Waals surface area contributed by atoms with Crippen molar-refractivity contribution in [3.8, 4) is 11.9 Å². The number of methoxy groups -OCH3 is 1. The molecular weight excluding hydrogens is 409 g/mol. The number of likely N-dealkylation sites (tertiary alicyclic amines) is 1. The molecule has 0 aliphatic carbocycles. The number of benzene rings is 2. The number of hydrogen-bond acceptors (Lipinski definition) is 4. The summed E-state index contributed by atoms with van der Waals surface area (Å²) in [5.74, 6) is 0.503. The highest BCUT2D eigenvalue weighted by atomic mass is 19.1. The largest absolute Gasteiger partial charge is 0.496 e. The number of para-hydroxylation sites is 1. The molecule has 1 fully saturated rings. The number of halogens is 1. The van der Waals surface area contributed by atoms with Crippen molar-refractivity contribution in [2.45, 2.75) is 25.2 Å². The smallest absolute Gasteiger partial charge is 0.255 e. The predicted molar refractivity (Wildman–Crippen MR) is 121 cm³/mol. The van der Waals surface area contributed by atoms with Crippen LogP contribution >= 0.6 is 0 Å². The number of carbonyl (C=O) groups is 1. The molecule has 3 rings (SSSR count). The monoisotopic (exact) mass is 437 g/mol. The van der Waals surface area contributed by atoms with Crippen LogP contribution in [0.25, 0.3) is 0 Å². The molecule has 2 aromatic carbocycles. The number of carbonyl (C=O) groups excluding carboxylic acids is 1. The van der Waals surface area contributed by atoms with Crippen LogP contribution in [0.1, 0.15) is 35.7 Å². The van der Waals surface area contributed by atoms with Crippen LogP contribution in [0.2, 0.25) is 0 Å². The summed E-state index contributed by atoms with van der Waals surface area (Å²) in [5.41, 5.74) is 0.859. The summed E-state index contributed by atoms with van der Waals surface area (Å²) in [5, 5.41) is 14.7. The van der Waals surface area contributed by atoms with Crippen LogP contribution in [0.15, 0.2) is 53.5 Å². The third-order valence-corrected chi connectivity index (χ3v) is 5.87. The summed E-state index contributed by atoms with van der Waals surface area (Å²) in [6.45, 7) is 4.06. The normalized spacial score (nSPS) is 15.6. The van der Waals surface area contributed by atoms with Gasteiger partial charge in [0.15, 0.2) is 6.19 Å². The first-order valence-electron chi connectivity index (χ1n) is 10.6. The van der Waals surface area contributed by atoms with Gasteiger partial charge in [-0.2, -0.15) is 5.26 Å². The molecule has 2 aromatic rings. The Labute approximate surface area is 187 Å². The number of nitriles is 1. The maximum absolute atomic E-state index is 14.1. The molecule has 0 atom stereocenters. The van der Waals surface area contributed by atoms with E-state index < -0.39 is 5.41 Å². The Morgan fingerprint density at radius 1 is 1.25 bits per heavy atom. The van der Waals surface area contributed by atoms with E-state index in [2.05, 4.69) is 15.6 Å². The van der Waals surface area contributed by atoms with Gasteiger partial charge in [0.2, 0.25) is 5.96 Å². The maximum Gasteiger partial charge on any atom is 0.255 e. The Kier molecular flexibility index (Phi) is 7.66. The minimum Gasteiger partial charge on any atom is -0.496 e. The number of nitrogens with one attached hydrogen (secondary N) is 2. The van der Waals surface area contributed by atoms with Gasteiger partial charge in [0.25, 0.3) is 5.91 Å². The summed E-state index contributed by atoms with van der Waals surface area (Å²) < 4.78 is 19.4. The first-order chi connectivity index (χ1) is 15.5. The molecule has 7 nitrogen and oxygen atoms in total. The van der Waals surface area contributed by atoms with Crippen molar-refractivity contribution in [3.63, 3.8) is 0 Å². The molecule has 0 aromatic heterocycles. The molecule has 1 aliphatic heterocycles. The fourth-order valence-corrected chi connectivity index (χ4v) is 4.13. The van der Waals surface area contributed by atoms with Crippen LogP contribution in [-0.4, -0.2) is 50.1 Å². The van der Waals surface area contributed by atoms with Gasteiger partial charge in [0.1, 0.15) is 11.6 Å². The Balaban J connectivity index is 1.82. The van der Waals surface area contributed by atoms with Crippen molar-refractivity contribution in [2.24, 2.45) is 4.99 Å². The average Bonchev–Trinajstić information content (AvgIpc) is 2.82. The van der Waals surface area contributed by atoms with E-state index in [1.54, 1.807) is 30.3 Å². The lowest BCUT2D eigenvalue weighted by Gasteiger charge is -2.43. The fourth-order valence-electron chi connectivity index (χ4n) is 4.13. The quantitative estimate of drug-likeness (QED) is 0.314. The second-order valence-electron chi connectivity index (χ2n) is 7.70. The second kappa shape index (κ2) is 10.6. The van der Waals surface area contributed by atoms with Crippen molar-refractivity contribution >= 4 is 11.9 Å². The lowest BCUT2D eigenvalue weighted by molar-refractivity contribution is 0.0929. The summed E-state index contributed by atoms with van der Waals surface area (Å²) in [7, 11) is 1.53. The first kappa shape index (κ1) is 23.1. The van der Waals surface area contributed by atoms with Crippen LogP contribution in [0.4, 0.5) is 4.39 Å². The van der Waals surface area contributed by atoms with E-state index in [1.807, 2.05) is 30.1 Å². The van der Waals surface area contributed by atoms with Crippen LogP contribution < -0.4 is 15.4 Å². The van der Waals surface area contributed by atoms with Gasteiger partial charge < -0.3 is 15.0 Å². The van der Waals surface area contributed by atoms with E-state index in [-0.39, 0.29) is 11.7 Å². The molecule has 0 spiro atoms. The Morgan fingerprint density at radius 2 is 2.00 bits per heavy atom. The number of nitrogens with zero attached hydrogens (tertiary/aromatic N) is 3. The minimum atomic E-state index is -0.444. The number of aliphatic imine (C=N–C) groups is 1. The number of piperidine rings is 1. The van der Waals surface area contributed by atoms with Crippen LogP contribution in [-0.2, 0) is 5.41 Å². The highest BCUT2D eigenvalue weighted by Crippen LogP contribution is 2.35. The van der Waals surface area contributed by atoms with E-state index in [9.17, 15) is 9.18 Å². The SMILES string of the molecule is CCN=C(NC#N)N1CCC(CNC(=O)c2ccccc2OC)(c2cccc(F)c2)CC1. The lowest BCUT2D eigenvalue weighted by atomic mass is 9.72. The van der Waals surface area contributed by atoms with Crippen LogP contribution in [0.5, 0.6) is 5.75 Å². The van der Waals surface area contributed by atoms with Crippen LogP contribution in [0, 0.1) is 17.3 Å². The number of rotatable bonds is 6. The zero-order valence-electron chi connectivity index (χ0n) is 18.4. The molecule has 0 radical (unpaired) electrons. The van der Waals surface area contributed by atoms with Gasteiger partial charge in [-0.15, -0.1) is 0 Å². The fraction of sp³-hybridized carbons (Fsp3) is 0.375. The molecular formula is C24H28FN5O2. The van der Waals surface area contributed by atoms with Crippen molar-refractivity contribution in [1.82, 2.24) is 15.5 Å². The van der Waals surface area contributed by atoms with Gasteiger partial charge in [0.05, 0.1) is 12.7 Å². The van der Waals surface area contributed by atoms with E-state index >= 15 is 0 Å². The molecule has 32 heavy (non-hydrogen) atoms. The van der Waals surface area contributed by atoms with E-state index in [1.165, 1.54) is 13.2 Å². The summed E-state index contributed by atoms with van der Waals surface area (Å²) in [6, 6.07) is 13.6. The lowest BCUT2D eigenvalue weighted by Crippen LogP contribution is -2.52. The van der Waals surface area contributed by atoms with E-state index in [4.69, 9.17) is 10.00 Å². The summed E-state index contributed by atoms with van der Waals surface area (Å²) in [6.07, 6.45) is 3.27. The Hall–Kier alpha value is -3.60. The van der Waals surface area contributed by atoms with E-state index in [0.717, 1.165) is 5.56 Å². The zero-order valence-corrected chi connectivity index (χ0v) is 18.4. The van der Waals surface area contributed by atoms with Crippen molar-refractivity contribution in [2.75, 3.05) is 33.3 Å². The number of guanidine groups is 1. The molecule has 8 heteroatoms. The highest BCUT2D eigenvalue weighted by Gasteiger charge is 2.38. The van der Waals surface area contributed by atoms with Crippen molar-refractivity contribution in [1.29, 1.82) is 5.26 Å². The maximum atomic E-state index is 14.1. The van der Waals surface area contributed by atoms with Gasteiger partial charge in [-0.25, -0.2) is 4.39 Å². The third-order valence-electron chi connectivity index (χ3n) is 5.87. The second-order valence-corrected chi connectivity index (χ2v) is 7.70. The molecule has 2 N–H and O–H groups in total. The standard InChI is InChI=1S/C24H28FN5O2/c1-3-27-23(29-17-26)30-13-11-24(12-14-30,18-7-6-8-19(25)15-18)16-28-22(31)20-9-4-5-10-21(20)32-2/h4-10,15H,3,11-14,16H2,1-2H3,(H,27,29)(H,28,31). The summed E-state index contributed by atoms with van der Waals surface area (Å²) in [4.78, 5) is 19.3. The van der Waals surface area contributed by atoms with Gasteiger partial charge in [0, 0.05) is 31.6 Å². The Morgan fingerprint density at radius 3 is 2.66 bits per heavy atom. The van der Waals surface area contributed by atoms with Gasteiger partial charge in [-0.3, -0.25) is 15.1 Å². The predicted octanol–water partition coefficient (Wildman–Crippen LogP) is 3.04. The van der Waals surface area contributed by atoms with Crippen molar-refractivity contribution < 1.29 is 13.9 Å². The molecule has 168 valence electrons. The van der Waals surface area contributed by atoms with Crippen LogP contribution in [0.3, 0.4) is 0 Å². The zero-order chi connectivity index (χ0) is 23.0. The molecule has 0 unspecified atom stereocenters. The topological polar surface area (TPSA) is 89.8 Å². The van der Waals surface area contributed by atoms with Gasteiger partial charge >= 0.3 is 0 Å². The number of ether oxygens (including phenoxy) is 1. The number of amides is 1. The Bertz CT molecular complexity index is 1010. The number of hydrogen-bond donors (Lipinski definition) is 2.